The van der Waals surface area contributed by atoms with E-state index in [0.717, 1.165) is 44.3 Å². The molecule has 1 unspecified atom stereocenters. The van der Waals surface area contributed by atoms with E-state index in [4.69, 9.17) is 14.6 Å². The summed E-state index contributed by atoms with van der Waals surface area (Å²) in [6, 6.07) is 3.91. The first-order valence-corrected chi connectivity index (χ1v) is 10.4. The number of hydrogen-bond acceptors (Lipinski definition) is 5. The zero-order chi connectivity index (χ0) is 23.8. The molecular formula is C21H28F3N3O5. The Morgan fingerprint density at radius 3 is 2.50 bits per heavy atom. The number of amides is 2. The van der Waals surface area contributed by atoms with E-state index >= 15 is 0 Å². The molecule has 1 aromatic heterocycles. The Balaban J connectivity index is 0.000000451. The average Bonchev–Trinajstić information content (AvgIpc) is 2.92. The highest BCUT2D eigenvalue weighted by Gasteiger charge is 2.47. The highest BCUT2D eigenvalue weighted by Crippen LogP contribution is 2.42. The minimum Gasteiger partial charge on any atom is -0.475 e. The van der Waals surface area contributed by atoms with Crippen molar-refractivity contribution in [3.05, 3.63) is 30.1 Å². The van der Waals surface area contributed by atoms with Gasteiger partial charge in [0.05, 0.1) is 5.41 Å². The van der Waals surface area contributed by atoms with E-state index in [1.165, 1.54) is 0 Å². The molecule has 0 aliphatic carbocycles. The smallest absolute Gasteiger partial charge is 0.475 e. The van der Waals surface area contributed by atoms with Crippen LogP contribution in [0.15, 0.2) is 24.5 Å². The fourth-order valence-corrected chi connectivity index (χ4v) is 3.94. The van der Waals surface area contributed by atoms with Gasteiger partial charge in [0.2, 0.25) is 11.8 Å². The monoisotopic (exact) mass is 459 g/mol. The molecule has 178 valence electrons. The average molecular weight is 459 g/mol. The second kappa shape index (κ2) is 11.3. The fourth-order valence-electron chi connectivity index (χ4n) is 3.94. The third-order valence-electron chi connectivity index (χ3n) is 5.67. The van der Waals surface area contributed by atoms with E-state index in [1.54, 1.807) is 6.20 Å². The summed E-state index contributed by atoms with van der Waals surface area (Å²) >= 11 is 0. The molecule has 1 spiro atoms. The Labute approximate surface area is 184 Å². The van der Waals surface area contributed by atoms with E-state index in [0.29, 0.717) is 19.7 Å². The number of pyridine rings is 1. The molecule has 2 saturated heterocycles. The third-order valence-corrected chi connectivity index (χ3v) is 5.67. The van der Waals surface area contributed by atoms with Gasteiger partial charge in [-0.1, -0.05) is 6.07 Å². The van der Waals surface area contributed by atoms with Crippen molar-refractivity contribution in [3.8, 4) is 0 Å². The van der Waals surface area contributed by atoms with Crippen LogP contribution < -0.4 is 0 Å². The van der Waals surface area contributed by atoms with Crippen LogP contribution >= 0.6 is 0 Å². The molecule has 3 heterocycles. The van der Waals surface area contributed by atoms with E-state index in [1.807, 2.05) is 35.1 Å². The number of carboxylic acid groups (broad SMARTS) is 1. The zero-order valence-electron chi connectivity index (χ0n) is 17.9. The molecule has 0 bridgehead atoms. The Bertz CT molecular complexity index is 791. The van der Waals surface area contributed by atoms with Gasteiger partial charge in [0.1, 0.15) is 6.61 Å². The Hall–Kier alpha value is -2.69. The number of carbonyl (C=O) groups is 3. The number of aromatic nitrogens is 1. The quantitative estimate of drug-likeness (QED) is 0.726. The Morgan fingerprint density at radius 1 is 1.22 bits per heavy atom. The molecule has 0 radical (unpaired) electrons. The largest absolute Gasteiger partial charge is 0.490 e. The van der Waals surface area contributed by atoms with Gasteiger partial charge >= 0.3 is 12.1 Å². The summed E-state index contributed by atoms with van der Waals surface area (Å²) in [5.74, 6) is -2.47. The van der Waals surface area contributed by atoms with Gasteiger partial charge in [0.25, 0.3) is 0 Å². The molecule has 0 saturated carbocycles. The standard InChI is InChI=1S/C19H27N3O3.C2HF3O2/c1-2-25-15-17(23)21-10-4-6-19(7-11-21)8-12-22(18(19)24)14-16-5-3-9-20-13-16;3-2(4,5)1(6)7/h3,5,9,13H,2,4,6-8,10-12,14-15H2,1H3;(H,6,7). The van der Waals surface area contributed by atoms with Crippen LogP contribution in [0.2, 0.25) is 0 Å². The summed E-state index contributed by atoms with van der Waals surface area (Å²) in [5.41, 5.74) is 0.776. The molecular weight excluding hydrogens is 431 g/mol. The number of carboxylic acids is 1. The molecule has 2 aliphatic rings. The van der Waals surface area contributed by atoms with Gasteiger partial charge in [-0.05, 0) is 44.2 Å². The summed E-state index contributed by atoms with van der Waals surface area (Å²) in [6.07, 6.45) is 1.88. The first kappa shape index (κ1) is 25.6. The SMILES string of the molecule is CCOCC(=O)N1CCCC2(CC1)CCN(Cc1cccnc1)C2=O.O=C(O)C(F)(F)F. The summed E-state index contributed by atoms with van der Waals surface area (Å²) < 4.78 is 37.0. The van der Waals surface area contributed by atoms with Gasteiger partial charge in [0, 0.05) is 45.2 Å². The van der Waals surface area contributed by atoms with Gasteiger partial charge in [-0.25, -0.2) is 4.79 Å². The maximum Gasteiger partial charge on any atom is 0.490 e. The number of nitrogens with zero attached hydrogens (tertiary/aromatic N) is 3. The lowest BCUT2D eigenvalue weighted by Gasteiger charge is -2.26. The van der Waals surface area contributed by atoms with Crippen LogP contribution in [0.4, 0.5) is 13.2 Å². The van der Waals surface area contributed by atoms with Crippen LogP contribution in [0.5, 0.6) is 0 Å². The Morgan fingerprint density at radius 2 is 1.91 bits per heavy atom. The van der Waals surface area contributed by atoms with E-state index < -0.39 is 12.1 Å². The number of alkyl halides is 3. The van der Waals surface area contributed by atoms with Crippen LogP contribution in [-0.4, -0.2) is 76.7 Å². The molecule has 2 aliphatic heterocycles. The maximum absolute atomic E-state index is 13.1. The molecule has 0 aromatic carbocycles. The molecule has 11 heteroatoms. The van der Waals surface area contributed by atoms with Crippen molar-refractivity contribution in [2.75, 3.05) is 32.8 Å². The zero-order valence-corrected chi connectivity index (χ0v) is 17.9. The van der Waals surface area contributed by atoms with Crippen molar-refractivity contribution < 1.29 is 37.4 Å². The summed E-state index contributed by atoms with van der Waals surface area (Å²) in [4.78, 5) is 42.1. The van der Waals surface area contributed by atoms with E-state index in [9.17, 15) is 22.8 Å². The van der Waals surface area contributed by atoms with Gasteiger partial charge in [0.15, 0.2) is 0 Å². The normalized spacial score (nSPS) is 21.2. The number of likely N-dealkylation sites (tertiary alicyclic amines) is 2. The predicted molar refractivity (Wildman–Crippen MR) is 107 cm³/mol. The summed E-state index contributed by atoms with van der Waals surface area (Å²) in [5, 5.41) is 7.12. The van der Waals surface area contributed by atoms with Crippen molar-refractivity contribution in [2.45, 2.75) is 45.3 Å². The molecule has 3 rings (SSSR count). The second-order valence-electron chi connectivity index (χ2n) is 7.79. The van der Waals surface area contributed by atoms with Gasteiger partial charge in [-0.15, -0.1) is 0 Å². The molecule has 1 aromatic rings. The highest BCUT2D eigenvalue weighted by molar-refractivity contribution is 5.85. The first-order chi connectivity index (χ1) is 15.1. The lowest BCUT2D eigenvalue weighted by Crippen LogP contribution is -2.37. The minimum absolute atomic E-state index is 0.0385. The Kier molecular flexibility index (Phi) is 8.99. The van der Waals surface area contributed by atoms with Gasteiger partial charge < -0.3 is 19.6 Å². The number of rotatable bonds is 5. The number of hydrogen-bond donors (Lipinski definition) is 1. The lowest BCUT2D eigenvalue weighted by atomic mass is 9.79. The summed E-state index contributed by atoms with van der Waals surface area (Å²) in [7, 11) is 0. The molecule has 2 fully saturated rings. The molecule has 1 N–H and O–H groups in total. The van der Waals surface area contributed by atoms with Crippen LogP contribution in [0.1, 0.15) is 38.2 Å². The van der Waals surface area contributed by atoms with Crippen LogP contribution in [0, 0.1) is 5.41 Å². The minimum atomic E-state index is -5.08. The number of halogens is 3. The number of aliphatic carboxylic acids is 1. The maximum atomic E-state index is 13.1. The number of ether oxygens (including phenoxy) is 1. The third kappa shape index (κ3) is 6.91. The van der Waals surface area contributed by atoms with Crippen LogP contribution in [-0.2, 0) is 25.7 Å². The lowest BCUT2D eigenvalue weighted by molar-refractivity contribution is -0.192. The fraction of sp³-hybridized carbons (Fsp3) is 0.619. The number of carbonyl (C=O) groups excluding carboxylic acids is 2. The van der Waals surface area contributed by atoms with Crippen molar-refractivity contribution in [3.63, 3.8) is 0 Å². The van der Waals surface area contributed by atoms with Crippen LogP contribution in [0.3, 0.4) is 0 Å². The predicted octanol–water partition coefficient (Wildman–Crippen LogP) is 2.48. The van der Waals surface area contributed by atoms with Gasteiger partial charge in [-0.2, -0.15) is 13.2 Å². The second-order valence-corrected chi connectivity index (χ2v) is 7.79. The topological polar surface area (TPSA) is 100 Å². The van der Waals surface area contributed by atoms with Crippen molar-refractivity contribution >= 4 is 17.8 Å². The molecule has 32 heavy (non-hydrogen) atoms. The molecule has 8 nitrogen and oxygen atoms in total. The van der Waals surface area contributed by atoms with Crippen molar-refractivity contribution in [2.24, 2.45) is 5.41 Å². The first-order valence-electron chi connectivity index (χ1n) is 10.4. The van der Waals surface area contributed by atoms with Crippen molar-refractivity contribution in [1.29, 1.82) is 0 Å². The molecule has 2 amide bonds. The van der Waals surface area contributed by atoms with E-state index in [2.05, 4.69) is 4.98 Å². The van der Waals surface area contributed by atoms with Gasteiger partial charge in [-0.3, -0.25) is 14.6 Å². The van der Waals surface area contributed by atoms with Crippen LogP contribution in [0.25, 0.3) is 0 Å². The van der Waals surface area contributed by atoms with E-state index in [-0.39, 0.29) is 23.8 Å². The summed E-state index contributed by atoms with van der Waals surface area (Å²) in [6.45, 7) is 5.37. The highest BCUT2D eigenvalue weighted by atomic mass is 19.4. The molecule has 1 atom stereocenters. The van der Waals surface area contributed by atoms with Crippen molar-refractivity contribution in [1.82, 2.24) is 14.8 Å².